The minimum atomic E-state index is 0.846. The predicted molar refractivity (Wildman–Crippen MR) is 65.9 cm³/mol. The van der Waals surface area contributed by atoms with E-state index in [1.165, 1.54) is 37.7 Å². The second-order valence-electron chi connectivity index (χ2n) is 4.60. The number of rotatable bonds is 3. The first-order valence-electron chi connectivity index (χ1n) is 6.07. The van der Waals surface area contributed by atoms with E-state index in [0.29, 0.717) is 0 Å². The van der Waals surface area contributed by atoms with Crippen LogP contribution < -0.4 is 0 Å². The first-order chi connectivity index (χ1) is 7.36. The van der Waals surface area contributed by atoms with Gasteiger partial charge in [-0.05, 0) is 50.5 Å². The van der Waals surface area contributed by atoms with Crippen LogP contribution in [0, 0.1) is 5.92 Å². The van der Waals surface area contributed by atoms with Gasteiger partial charge in [0.1, 0.15) is 0 Å². The van der Waals surface area contributed by atoms with E-state index in [1.54, 1.807) is 5.57 Å². The first-order valence-corrected chi connectivity index (χ1v) is 6.07. The quantitative estimate of drug-likeness (QED) is 0.636. The number of aryl methyl sites for hydroxylation is 1. The summed E-state index contributed by atoms with van der Waals surface area (Å²) >= 11 is 0. The van der Waals surface area contributed by atoms with Gasteiger partial charge in [-0.2, -0.15) is 0 Å². The van der Waals surface area contributed by atoms with Crippen molar-refractivity contribution in [3.8, 4) is 0 Å². The molecule has 80 valence electrons. The van der Waals surface area contributed by atoms with E-state index >= 15 is 0 Å². The Bertz CT molecular complexity index is 321. The third kappa shape index (κ3) is 2.95. The molecule has 0 heterocycles. The Labute approximate surface area is 93.0 Å². The maximum absolute atomic E-state index is 2.43. The zero-order valence-electron chi connectivity index (χ0n) is 9.58. The standard InChI is InChI=1S/C15H20/c1-13-7-5-6-10-15(13)12-11-14-8-3-2-4-9-14/h2-4,7-9,15H,5-6,10-12H2,1H3/t15-/m0/s1. The summed E-state index contributed by atoms with van der Waals surface area (Å²) in [5.41, 5.74) is 3.10. The fourth-order valence-corrected chi connectivity index (χ4v) is 2.45. The molecule has 0 N–H and O–H groups in total. The molecule has 0 amide bonds. The first kappa shape index (κ1) is 10.5. The fraction of sp³-hybridized carbons (Fsp3) is 0.467. The van der Waals surface area contributed by atoms with Crippen LogP contribution in [0.5, 0.6) is 0 Å². The normalized spacial score (nSPS) is 21.1. The maximum Gasteiger partial charge on any atom is -0.0203 e. The highest BCUT2D eigenvalue weighted by molar-refractivity contribution is 5.16. The Hall–Kier alpha value is -1.04. The fourth-order valence-electron chi connectivity index (χ4n) is 2.45. The van der Waals surface area contributed by atoms with Crippen molar-refractivity contribution in [3.05, 3.63) is 47.5 Å². The van der Waals surface area contributed by atoms with Crippen LogP contribution in [0.4, 0.5) is 0 Å². The summed E-state index contributed by atoms with van der Waals surface area (Å²) in [5.74, 6) is 0.846. The topological polar surface area (TPSA) is 0 Å². The zero-order valence-corrected chi connectivity index (χ0v) is 9.58. The van der Waals surface area contributed by atoms with Crippen molar-refractivity contribution in [2.75, 3.05) is 0 Å². The van der Waals surface area contributed by atoms with E-state index in [4.69, 9.17) is 0 Å². The molecule has 0 heteroatoms. The van der Waals surface area contributed by atoms with Crippen molar-refractivity contribution in [2.45, 2.75) is 39.0 Å². The molecule has 0 saturated heterocycles. The van der Waals surface area contributed by atoms with E-state index in [2.05, 4.69) is 43.3 Å². The van der Waals surface area contributed by atoms with Crippen LogP contribution in [0.3, 0.4) is 0 Å². The summed E-state index contributed by atoms with van der Waals surface area (Å²) in [7, 11) is 0. The monoisotopic (exact) mass is 200 g/mol. The van der Waals surface area contributed by atoms with Crippen LogP contribution in [0.1, 0.15) is 38.2 Å². The lowest BCUT2D eigenvalue weighted by atomic mass is 9.84. The average Bonchev–Trinajstić information content (AvgIpc) is 2.29. The van der Waals surface area contributed by atoms with E-state index in [0.717, 1.165) is 5.92 Å². The number of hydrogen-bond donors (Lipinski definition) is 0. The van der Waals surface area contributed by atoms with Crippen molar-refractivity contribution in [3.63, 3.8) is 0 Å². The molecule has 1 aromatic rings. The number of allylic oxidation sites excluding steroid dienone is 2. The Kier molecular flexibility index (Phi) is 3.60. The van der Waals surface area contributed by atoms with Gasteiger partial charge in [-0.15, -0.1) is 0 Å². The highest BCUT2D eigenvalue weighted by Gasteiger charge is 2.13. The summed E-state index contributed by atoms with van der Waals surface area (Å²) in [6, 6.07) is 10.8. The van der Waals surface area contributed by atoms with Crippen molar-refractivity contribution < 1.29 is 0 Å². The van der Waals surface area contributed by atoms with E-state index in [9.17, 15) is 0 Å². The van der Waals surface area contributed by atoms with E-state index in [1.807, 2.05) is 0 Å². The number of hydrogen-bond acceptors (Lipinski definition) is 0. The minimum absolute atomic E-state index is 0.846. The summed E-state index contributed by atoms with van der Waals surface area (Å²) in [6.07, 6.45) is 9.07. The Morgan fingerprint density at radius 1 is 1.20 bits per heavy atom. The molecule has 0 spiro atoms. The molecule has 1 aliphatic rings. The molecular weight excluding hydrogens is 180 g/mol. The van der Waals surface area contributed by atoms with Gasteiger partial charge in [0.05, 0.1) is 0 Å². The third-order valence-corrected chi connectivity index (χ3v) is 3.49. The van der Waals surface area contributed by atoms with Crippen LogP contribution in [0.2, 0.25) is 0 Å². The van der Waals surface area contributed by atoms with E-state index < -0.39 is 0 Å². The van der Waals surface area contributed by atoms with Gasteiger partial charge >= 0.3 is 0 Å². The van der Waals surface area contributed by atoms with Gasteiger partial charge in [0.2, 0.25) is 0 Å². The zero-order chi connectivity index (χ0) is 10.5. The van der Waals surface area contributed by atoms with Crippen LogP contribution in [0.25, 0.3) is 0 Å². The molecule has 0 aliphatic heterocycles. The number of benzene rings is 1. The highest BCUT2D eigenvalue weighted by atomic mass is 14.2. The second-order valence-corrected chi connectivity index (χ2v) is 4.60. The smallest absolute Gasteiger partial charge is 0.0203 e. The Morgan fingerprint density at radius 3 is 2.73 bits per heavy atom. The average molecular weight is 200 g/mol. The van der Waals surface area contributed by atoms with Crippen molar-refractivity contribution in [2.24, 2.45) is 5.92 Å². The molecule has 1 atom stereocenters. The SMILES string of the molecule is CC1=CCCC[C@H]1CCc1ccccc1. The second kappa shape index (κ2) is 5.16. The summed E-state index contributed by atoms with van der Waals surface area (Å²) in [4.78, 5) is 0. The summed E-state index contributed by atoms with van der Waals surface area (Å²) in [6.45, 7) is 2.30. The van der Waals surface area contributed by atoms with Gasteiger partial charge in [-0.25, -0.2) is 0 Å². The lowest BCUT2D eigenvalue weighted by Crippen LogP contribution is -2.07. The molecule has 0 nitrogen and oxygen atoms in total. The highest BCUT2D eigenvalue weighted by Crippen LogP contribution is 2.28. The largest absolute Gasteiger partial charge is 0.0853 e. The van der Waals surface area contributed by atoms with Crippen LogP contribution in [-0.2, 0) is 6.42 Å². The minimum Gasteiger partial charge on any atom is -0.0853 e. The van der Waals surface area contributed by atoms with E-state index in [-0.39, 0.29) is 0 Å². The van der Waals surface area contributed by atoms with Crippen molar-refractivity contribution >= 4 is 0 Å². The molecule has 0 aromatic heterocycles. The molecule has 1 aliphatic carbocycles. The Balaban J connectivity index is 1.88. The molecule has 0 fully saturated rings. The lowest BCUT2D eigenvalue weighted by molar-refractivity contribution is 0.478. The van der Waals surface area contributed by atoms with Crippen LogP contribution in [0.15, 0.2) is 42.0 Å². The molecule has 0 unspecified atom stereocenters. The summed E-state index contributed by atoms with van der Waals surface area (Å²) in [5, 5.41) is 0. The molecule has 2 rings (SSSR count). The molecular formula is C15H20. The third-order valence-electron chi connectivity index (χ3n) is 3.49. The molecule has 15 heavy (non-hydrogen) atoms. The molecule has 1 aromatic carbocycles. The van der Waals surface area contributed by atoms with Gasteiger partial charge in [0.25, 0.3) is 0 Å². The van der Waals surface area contributed by atoms with Crippen molar-refractivity contribution in [1.82, 2.24) is 0 Å². The van der Waals surface area contributed by atoms with Crippen LogP contribution >= 0.6 is 0 Å². The molecule has 0 saturated carbocycles. The van der Waals surface area contributed by atoms with Crippen LogP contribution in [-0.4, -0.2) is 0 Å². The predicted octanol–water partition coefficient (Wildman–Crippen LogP) is 4.37. The van der Waals surface area contributed by atoms with Gasteiger partial charge in [0, 0.05) is 0 Å². The van der Waals surface area contributed by atoms with Crippen molar-refractivity contribution in [1.29, 1.82) is 0 Å². The molecule has 0 radical (unpaired) electrons. The maximum atomic E-state index is 2.43. The van der Waals surface area contributed by atoms with Gasteiger partial charge in [-0.3, -0.25) is 0 Å². The lowest BCUT2D eigenvalue weighted by Gasteiger charge is -2.21. The van der Waals surface area contributed by atoms with Gasteiger partial charge < -0.3 is 0 Å². The Morgan fingerprint density at radius 2 is 2.00 bits per heavy atom. The summed E-state index contributed by atoms with van der Waals surface area (Å²) < 4.78 is 0. The molecule has 0 bridgehead atoms. The van der Waals surface area contributed by atoms with Gasteiger partial charge in [0.15, 0.2) is 0 Å². The van der Waals surface area contributed by atoms with Gasteiger partial charge in [-0.1, -0.05) is 42.0 Å².